The minimum atomic E-state index is -0.779. The maximum atomic E-state index is 13.5. The lowest BCUT2D eigenvalue weighted by atomic mass is 9.75. The van der Waals surface area contributed by atoms with Crippen molar-refractivity contribution < 1.29 is 14.3 Å². The van der Waals surface area contributed by atoms with Crippen LogP contribution in [0.5, 0.6) is 5.75 Å². The monoisotopic (exact) mass is 482 g/mol. The van der Waals surface area contributed by atoms with Gasteiger partial charge in [0.2, 0.25) is 0 Å². The minimum absolute atomic E-state index is 0.0586. The number of urea groups is 1. The number of thiazole rings is 1. The Morgan fingerprint density at radius 1 is 1.26 bits per heavy atom. The Hall–Kier alpha value is -2.71. The topological polar surface area (TPSA) is 74.8 Å². The summed E-state index contributed by atoms with van der Waals surface area (Å²) >= 11 is 1.58. The van der Waals surface area contributed by atoms with Gasteiger partial charge in [-0.25, -0.2) is 9.78 Å². The fourth-order valence-corrected chi connectivity index (χ4v) is 5.94. The largest absolute Gasteiger partial charge is 0.496 e. The summed E-state index contributed by atoms with van der Waals surface area (Å²) in [6.07, 6.45) is 7.33. The van der Waals surface area contributed by atoms with Crippen LogP contribution in [0.1, 0.15) is 42.3 Å². The average molecular weight is 483 g/mol. The fraction of sp³-hybridized carbons (Fsp3) is 0.500. The number of carbonyl (C=O) groups excluding carboxylic acids is 2. The predicted octanol–water partition coefficient (Wildman–Crippen LogP) is 4.13. The van der Waals surface area contributed by atoms with E-state index in [0.29, 0.717) is 19.4 Å². The Balaban J connectivity index is 1.34. The highest BCUT2D eigenvalue weighted by Crippen LogP contribution is 2.36. The molecule has 2 aliphatic rings. The van der Waals surface area contributed by atoms with Gasteiger partial charge in [0.05, 0.1) is 18.3 Å². The van der Waals surface area contributed by atoms with E-state index in [0.717, 1.165) is 54.4 Å². The molecule has 0 unspecified atom stereocenters. The quantitative estimate of drug-likeness (QED) is 0.544. The second kappa shape index (κ2) is 10.7. The lowest BCUT2D eigenvalue weighted by molar-refractivity contribution is -0.134. The molecule has 3 heterocycles. The third kappa shape index (κ3) is 4.88. The number of methoxy groups -OCH3 is 1. The van der Waals surface area contributed by atoms with Gasteiger partial charge in [-0.2, -0.15) is 0 Å². The summed E-state index contributed by atoms with van der Waals surface area (Å²) < 4.78 is 5.42. The number of aromatic nitrogens is 1. The molecule has 4 rings (SSSR count). The minimum Gasteiger partial charge on any atom is -0.496 e. The molecule has 0 saturated carbocycles. The number of rotatable bonds is 9. The number of hydrogen-bond acceptors (Lipinski definition) is 6. The van der Waals surface area contributed by atoms with Crippen LogP contribution in [0.15, 0.2) is 35.9 Å². The van der Waals surface area contributed by atoms with Crippen LogP contribution in [0.4, 0.5) is 4.79 Å². The van der Waals surface area contributed by atoms with Gasteiger partial charge in [0, 0.05) is 30.0 Å². The molecular weight excluding hydrogens is 448 g/mol. The van der Waals surface area contributed by atoms with Gasteiger partial charge >= 0.3 is 6.03 Å². The van der Waals surface area contributed by atoms with Crippen LogP contribution in [0, 0.1) is 12.8 Å². The van der Waals surface area contributed by atoms with E-state index in [1.165, 1.54) is 4.90 Å². The van der Waals surface area contributed by atoms with E-state index in [-0.39, 0.29) is 17.9 Å². The van der Waals surface area contributed by atoms with Crippen LogP contribution in [-0.2, 0) is 11.2 Å². The lowest BCUT2D eigenvalue weighted by Crippen LogP contribution is -2.55. The molecule has 3 amide bonds. The molecule has 0 aliphatic carbocycles. The predicted molar refractivity (Wildman–Crippen MR) is 135 cm³/mol. The molecule has 34 heavy (non-hydrogen) atoms. The molecule has 7 nitrogen and oxygen atoms in total. The first-order valence-corrected chi connectivity index (χ1v) is 12.9. The summed E-state index contributed by atoms with van der Waals surface area (Å²) in [4.78, 5) is 35.5. The normalized spacial score (nSPS) is 22.0. The van der Waals surface area contributed by atoms with Crippen LogP contribution in [0.2, 0.25) is 0 Å². The molecule has 1 atom stereocenters. The second-order valence-corrected chi connectivity index (χ2v) is 9.98. The van der Waals surface area contributed by atoms with Gasteiger partial charge in [0.15, 0.2) is 0 Å². The number of likely N-dealkylation sites (tertiary alicyclic amines) is 1. The van der Waals surface area contributed by atoms with Crippen LogP contribution >= 0.6 is 11.3 Å². The number of imide groups is 1. The van der Waals surface area contributed by atoms with Gasteiger partial charge < -0.3 is 10.1 Å². The standard InChI is InChI=1S/C26H34N4O3S/c1-4-26(24(31)30(25(32)28-26)17-13-23-19(2)27-18-34-23)21-11-15-29(16-12-21)14-7-9-20-8-5-6-10-22(20)33-3/h5-10,18,21H,4,11-17H2,1-3H3,(H,28,32)/b9-7+/t26-/m1/s1. The average Bonchev–Trinajstić information content (AvgIpc) is 3.38. The smallest absolute Gasteiger partial charge is 0.325 e. The molecule has 1 aromatic heterocycles. The molecule has 2 aliphatic heterocycles. The van der Waals surface area contributed by atoms with Crippen molar-refractivity contribution in [3.8, 4) is 5.75 Å². The van der Waals surface area contributed by atoms with E-state index in [1.807, 2.05) is 43.6 Å². The first-order chi connectivity index (χ1) is 16.5. The van der Waals surface area contributed by atoms with Gasteiger partial charge in [-0.15, -0.1) is 11.3 Å². The summed E-state index contributed by atoms with van der Waals surface area (Å²) in [5, 5.41) is 3.10. The second-order valence-electron chi connectivity index (χ2n) is 9.04. The van der Waals surface area contributed by atoms with Crippen LogP contribution in [-0.4, -0.2) is 65.5 Å². The highest BCUT2D eigenvalue weighted by molar-refractivity contribution is 7.09. The summed E-state index contributed by atoms with van der Waals surface area (Å²) in [5.74, 6) is 0.961. The van der Waals surface area contributed by atoms with Gasteiger partial charge in [-0.05, 0) is 51.3 Å². The van der Waals surface area contributed by atoms with Crippen molar-refractivity contribution in [3.63, 3.8) is 0 Å². The summed E-state index contributed by atoms with van der Waals surface area (Å²) in [5.41, 5.74) is 3.08. The number of ether oxygens (including phenoxy) is 1. The molecule has 2 aromatic rings. The number of benzene rings is 1. The number of carbonyl (C=O) groups is 2. The summed E-state index contributed by atoms with van der Waals surface area (Å²) in [7, 11) is 1.69. The maximum absolute atomic E-state index is 13.5. The first-order valence-electron chi connectivity index (χ1n) is 12.0. The number of para-hydroxylation sites is 1. The molecule has 8 heteroatoms. The fourth-order valence-electron chi connectivity index (χ4n) is 5.17. The Morgan fingerprint density at radius 3 is 2.71 bits per heavy atom. The molecule has 2 saturated heterocycles. The Bertz CT molecular complexity index is 1040. The van der Waals surface area contributed by atoms with Crippen LogP contribution in [0.25, 0.3) is 6.08 Å². The molecule has 1 N–H and O–H groups in total. The van der Waals surface area contributed by atoms with Crippen molar-refractivity contribution >= 4 is 29.4 Å². The zero-order valence-corrected chi connectivity index (χ0v) is 21.1. The maximum Gasteiger partial charge on any atom is 0.325 e. The lowest BCUT2D eigenvalue weighted by Gasteiger charge is -2.40. The number of amides is 3. The van der Waals surface area contributed by atoms with Crippen LogP contribution < -0.4 is 10.1 Å². The molecule has 1 aromatic carbocycles. The Kier molecular flexibility index (Phi) is 7.68. The molecule has 0 bridgehead atoms. The van der Waals surface area contributed by atoms with Gasteiger partial charge in [0.25, 0.3) is 5.91 Å². The molecule has 0 radical (unpaired) electrons. The van der Waals surface area contributed by atoms with E-state index in [1.54, 1.807) is 18.4 Å². The third-order valence-electron chi connectivity index (χ3n) is 7.25. The van der Waals surface area contributed by atoms with Crippen molar-refractivity contribution in [1.29, 1.82) is 0 Å². The third-order valence-corrected chi connectivity index (χ3v) is 8.25. The van der Waals surface area contributed by atoms with E-state index in [2.05, 4.69) is 27.4 Å². The number of nitrogens with one attached hydrogen (secondary N) is 1. The highest BCUT2D eigenvalue weighted by atomic mass is 32.1. The van der Waals surface area contributed by atoms with Gasteiger partial charge in [-0.3, -0.25) is 14.6 Å². The van der Waals surface area contributed by atoms with E-state index in [9.17, 15) is 9.59 Å². The first kappa shape index (κ1) is 24.4. The van der Waals surface area contributed by atoms with Crippen molar-refractivity contribution in [2.24, 2.45) is 5.92 Å². The van der Waals surface area contributed by atoms with Crippen molar-refractivity contribution in [3.05, 3.63) is 52.0 Å². The molecule has 2 fully saturated rings. The summed E-state index contributed by atoms with van der Waals surface area (Å²) in [6.45, 7) is 7.05. The van der Waals surface area contributed by atoms with Crippen molar-refractivity contribution in [2.75, 3.05) is 33.3 Å². The zero-order valence-electron chi connectivity index (χ0n) is 20.3. The number of hydrogen-bond donors (Lipinski definition) is 1. The van der Waals surface area contributed by atoms with E-state index in [4.69, 9.17) is 4.74 Å². The number of piperidine rings is 1. The van der Waals surface area contributed by atoms with Gasteiger partial charge in [0.1, 0.15) is 11.3 Å². The van der Waals surface area contributed by atoms with E-state index >= 15 is 0 Å². The highest BCUT2D eigenvalue weighted by Gasteiger charge is 2.54. The Morgan fingerprint density at radius 2 is 2.03 bits per heavy atom. The SMILES string of the molecule is CC[C@]1(C2CCN(C/C=C/c3ccccc3OC)CC2)NC(=O)N(CCc2scnc2C)C1=O. The zero-order chi connectivity index (χ0) is 24.1. The van der Waals surface area contributed by atoms with E-state index < -0.39 is 5.54 Å². The van der Waals surface area contributed by atoms with Crippen molar-refractivity contribution in [2.45, 2.75) is 45.1 Å². The molecular formula is C26H34N4O3S. The number of aryl methyl sites for hydroxylation is 1. The summed E-state index contributed by atoms with van der Waals surface area (Å²) in [6, 6.07) is 7.73. The van der Waals surface area contributed by atoms with Crippen molar-refractivity contribution in [1.82, 2.24) is 20.1 Å². The Labute approximate surface area is 205 Å². The van der Waals surface area contributed by atoms with Crippen LogP contribution in [0.3, 0.4) is 0 Å². The van der Waals surface area contributed by atoms with Gasteiger partial charge in [-0.1, -0.05) is 37.3 Å². The molecule has 0 spiro atoms. The number of nitrogens with zero attached hydrogens (tertiary/aromatic N) is 3. The molecule has 182 valence electrons.